The number of piperidine rings is 1. The first kappa shape index (κ1) is 31.5. The van der Waals surface area contributed by atoms with Crippen molar-refractivity contribution in [2.24, 2.45) is 0 Å². The number of ether oxygens (including phenoxy) is 5. The zero-order chi connectivity index (χ0) is 30.5. The SMILES string of the molecule is Fc1ccc(C2(CCCOC3(c4ccc(Cl)cc4)CCN(CCCC4(c5ccc(F)cc5)OCCO4)CC3)OCCO2)cc1. The van der Waals surface area contributed by atoms with Crippen molar-refractivity contribution in [2.75, 3.05) is 52.7 Å². The van der Waals surface area contributed by atoms with E-state index in [9.17, 15) is 8.78 Å². The first-order valence-electron chi connectivity index (χ1n) is 15.6. The Bertz CT molecular complexity index is 1340. The Hall–Kier alpha value is -2.43. The highest BCUT2D eigenvalue weighted by molar-refractivity contribution is 6.30. The smallest absolute Gasteiger partial charge is 0.195 e. The summed E-state index contributed by atoms with van der Waals surface area (Å²) in [5.41, 5.74) is 2.40. The van der Waals surface area contributed by atoms with Gasteiger partial charge in [-0.3, -0.25) is 0 Å². The Morgan fingerprint density at radius 1 is 0.636 bits per heavy atom. The fourth-order valence-electron chi connectivity index (χ4n) is 6.74. The molecule has 0 radical (unpaired) electrons. The monoisotopic (exact) mass is 627 g/mol. The van der Waals surface area contributed by atoms with Crippen molar-refractivity contribution >= 4 is 11.6 Å². The Morgan fingerprint density at radius 3 is 1.59 bits per heavy atom. The summed E-state index contributed by atoms with van der Waals surface area (Å²) in [7, 11) is 0. The van der Waals surface area contributed by atoms with E-state index in [2.05, 4.69) is 17.0 Å². The average Bonchev–Trinajstić information content (AvgIpc) is 3.73. The van der Waals surface area contributed by atoms with Gasteiger partial charge in [0.1, 0.15) is 11.6 Å². The van der Waals surface area contributed by atoms with Crippen LogP contribution in [0.1, 0.15) is 55.2 Å². The zero-order valence-corrected chi connectivity index (χ0v) is 25.7. The molecule has 3 aromatic rings. The van der Waals surface area contributed by atoms with E-state index >= 15 is 0 Å². The normalized spacial score (nSPS) is 21.1. The third-order valence-corrected chi connectivity index (χ3v) is 9.37. The fourth-order valence-corrected chi connectivity index (χ4v) is 6.87. The van der Waals surface area contributed by atoms with Crippen LogP contribution in [-0.2, 0) is 40.9 Å². The maximum atomic E-state index is 13.6. The van der Waals surface area contributed by atoms with Gasteiger partial charge in [0.25, 0.3) is 0 Å². The molecule has 236 valence electrons. The summed E-state index contributed by atoms with van der Waals surface area (Å²) < 4.78 is 58.1. The van der Waals surface area contributed by atoms with Gasteiger partial charge in [-0.25, -0.2) is 8.78 Å². The number of hydrogen-bond acceptors (Lipinski definition) is 6. The molecule has 3 aromatic carbocycles. The summed E-state index contributed by atoms with van der Waals surface area (Å²) in [6.07, 6.45) is 4.62. The zero-order valence-electron chi connectivity index (χ0n) is 25.0. The molecule has 0 amide bonds. The molecule has 9 heteroatoms. The van der Waals surface area contributed by atoms with Gasteiger partial charge in [-0.2, -0.15) is 0 Å². The van der Waals surface area contributed by atoms with Crippen LogP contribution in [0.15, 0.2) is 72.8 Å². The number of halogens is 3. The van der Waals surface area contributed by atoms with Crippen LogP contribution in [0.5, 0.6) is 0 Å². The van der Waals surface area contributed by atoms with E-state index in [1.54, 1.807) is 24.3 Å². The van der Waals surface area contributed by atoms with Crippen LogP contribution in [0.2, 0.25) is 5.02 Å². The van der Waals surface area contributed by atoms with Crippen LogP contribution in [0.3, 0.4) is 0 Å². The van der Waals surface area contributed by atoms with E-state index in [-0.39, 0.29) is 11.6 Å². The quantitative estimate of drug-likeness (QED) is 0.197. The third kappa shape index (κ3) is 7.02. The first-order valence-corrected chi connectivity index (χ1v) is 16.0. The van der Waals surface area contributed by atoms with E-state index < -0.39 is 17.2 Å². The van der Waals surface area contributed by atoms with Crippen LogP contribution < -0.4 is 0 Å². The lowest BCUT2D eigenvalue weighted by molar-refractivity contribution is -0.177. The lowest BCUT2D eigenvalue weighted by atomic mass is 9.84. The summed E-state index contributed by atoms with van der Waals surface area (Å²) in [5.74, 6) is -2.23. The summed E-state index contributed by atoms with van der Waals surface area (Å²) in [4.78, 5) is 2.47. The second-order valence-electron chi connectivity index (χ2n) is 11.8. The molecule has 6 rings (SSSR count). The second-order valence-corrected chi connectivity index (χ2v) is 12.2. The topological polar surface area (TPSA) is 49.4 Å². The standard InChI is InChI=1S/C35H40ClF2NO5/c36-30-9-3-27(4-10-30)33(40-22-2-16-35(43-25-26-44-35)29-7-13-32(38)14-8-29)17-20-39(21-18-33)19-1-15-34(41-23-24-42-34)28-5-11-31(37)12-6-28/h3-14H,1-2,15-26H2. The highest BCUT2D eigenvalue weighted by atomic mass is 35.5. The van der Waals surface area contributed by atoms with E-state index in [0.717, 1.165) is 62.0 Å². The minimum Gasteiger partial charge on any atom is -0.370 e. The molecule has 3 heterocycles. The van der Waals surface area contributed by atoms with Gasteiger partial charge in [-0.15, -0.1) is 0 Å². The van der Waals surface area contributed by atoms with Gasteiger partial charge in [-0.1, -0.05) is 48.0 Å². The minimum atomic E-state index is -0.869. The molecule has 3 saturated heterocycles. The van der Waals surface area contributed by atoms with Crippen molar-refractivity contribution < 1.29 is 32.5 Å². The van der Waals surface area contributed by atoms with Crippen molar-refractivity contribution in [3.63, 3.8) is 0 Å². The molecule has 0 N–H and O–H groups in total. The summed E-state index contributed by atoms with van der Waals surface area (Å²) in [5, 5.41) is 0.699. The van der Waals surface area contributed by atoms with Gasteiger partial charge in [0.15, 0.2) is 11.6 Å². The molecule has 0 aliphatic carbocycles. The molecule has 6 nitrogen and oxygen atoms in total. The molecular weight excluding hydrogens is 588 g/mol. The Balaban J connectivity index is 1.06. The maximum absolute atomic E-state index is 13.6. The van der Waals surface area contributed by atoms with E-state index in [1.165, 1.54) is 24.3 Å². The number of hydrogen-bond donors (Lipinski definition) is 0. The number of likely N-dealkylation sites (tertiary alicyclic amines) is 1. The Morgan fingerprint density at radius 2 is 1.09 bits per heavy atom. The average molecular weight is 628 g/mol. The summed E-state index contributed by atoms with van der Waals surface area (Å²) >= 11 is 6.24. The van der Waals surface area contributed by atoms with Crippen molar-refractivity contribution in [3.05, 3.63) is 106 Å². The molecule has 3 fully saturated rings. The maximum Gasteiger partial charge on any atom is 0.195 e. The van der Waals surface area contributed by atoms with Crippen LogP contribution >= 0.6 is 11.6 Å². The van der Waals surface area contributed by atoms with Gasteiger partial charge < -0.3 is 28.6 Å². The van der Waals surface area contributed by atoms with Crippen molar-refractivity contribution in [2.45, 2.75) is 55.7 Å². The molecule has 0 bridgehead atoms. The summed E-state index contributed by atoms with van der Waals surface area (Å²) in [6.45, 7) is 5.29. The van der Waals surface area contributed by atoms with E-state index in [4.69, 9.17) is 35.3 Å². The van der Waals surface area contributed by atoms with Gasteiger partial charge >= 0.3 is 0 Å². The Labute approximate surface area is 263 Å². The summed E-state index contributed by atoms with van der Waals surface area (Å²) in [6, 6.07) is 20.8. The Kier molecular flexibility index (Phi) is 9.98. The lowest BCUT2D eigenvalue weighted by Crippen LogP contribution is -2.45. The van der Waals surface area contributed by atoms with Gasteiger partial charge in [0.05, 0.1) is 32.0 Å². The minimum absolute atomic E-state index is 0.269. The molecule has 0 spiro atoms. The van der Waals surface area contributed by atoms with Crippen molar-refractivity contribution in [3.8, 4) is 0 Å². The molecule has 0 aromatic heterocycles. The van der Waals surface area contributed by atoms with E-state index in [0.29, 0.717) is 50.9 Å². The van der Waals surface area contributed by atoms with E-state index in [1.807, 2.05) is 12.1 Å². The third-order valence-electron chi connectivity index (χ3n) is 9.12. The highest BCUT2D eigenvalue weighted by Crippen LogP contribution is 2.41. The number of rotatable bonds is 12. The fraction of sp³-hybridized carbons (Fsp3) is 0.486. The predicted molar refractivity (Wildman–Crippen MR) is 163 cm³/mol. The molecule has 0 atom stereocenters. The molecule has 0 unspecified atom stereocenters. The number of nitrogens with zero attached hydrogens (tertiary/aromatic N) is 1. The molecule has 3 aliphatic heterocycles. The predicted octanol–water partition coefficient (Wildman–Crippen LogP) is 7.29. The highest BCUT2D eigenvalue weighted by Gasteiger charge is 2.41. The largest absolute Gasteiger partial charge is 0.370 e. The van der Waals surface area contributed by atoms with Crippen molar-refractivity contribution in [1.29, 1.82) is 0 Å². The molecule has 3 aliphatic rings. The molecular formula is C35H40ClF2NO5. The van der Waals surface area contributed by atoms with Crippen LogP contribution in [0.25, 0.3) is 0 Å². The van der Waals surface area contributed by atoms with Crippen LogP contribution in [0.4, 0.5) is 8.78 Å². The first-order chi connectivity index (χ1) is 21.4. The lowest BCUT2D eigenvalue weighted by Gasteiger charge is -2.42. The van der Waals surface area contributed by atoms with Crippen molar-refractivity contribution in [1.82, 2.24) is 4.90 Å². The second kappa shape index (κ2) is 13.9. The van der Waals surface area contributed by atoms with Gasteiger partial charge in [0.2, 0.25) is 0 Å². The van der Waals surface area contributed by atoms with Gasteiger partial charge in [-0.05, 0) is 74.2 Å². The van der Waals surface area contributed by atoms with Crippen LogP contribution in [0, 0.1) is 11.6 Å². The van der Waals surface area contributed by atoms with Gasteiger partial charge in [0, 0.05) is 48.7 Å². The van der Waals surface area contributed by atoms with Crippen LogP contribution in [-0.4, -0.2) is 57.6 Å². The molecule has 44 heavy (non-hydrogen) atoms. The molecule has 0 saturated carbocycles. The number of benzene rings is 3.